The lowest BCUT2D eigenvalue weighted by atomic mass is 10.1. The van der Waals surface area contributed by atoms with Crippen LogP contribution in [0.1, 0.15) is 20.7 Å². The Hall–Kier alpha value is -4.20. The first-order valence-electron chi connectivity index (χ1n) is 10.8. The summed E-state index contributed by atoms with van der Waals surface area (Å²) in [5, 5.41) is 0.790. The van der Waals surface area contributed by atoms with Crippen LogP contribution in [0.25, 0.3) is 0 Å². The fourth-order valence-corrected chi connectivity index (χ4v) is 3.55. The predicted octanol–water partition coefficient (Wildman–Crippen LogP) is 6.21. The number of halogens is 2. The van der Waals surface area contributed by atoms with Crippen molar-refractivity contribution in [2.24, 2.45) is 0 Å². The van der Waals surface area contributed by atoms with Crippen LogP contribution in [0.5, 0.6) is 11.5 Å². The van der Waals surface area contributed by atoms with Gasteiger partial charge in [0, 0.05) is 29.5 Å². The van der Waals surface area contributed by atoms with E-state index in [1.165, 1.54) is 0 Å². The summed E-state index contributed by atoms with van der Waals surface area (Å²) in [6.07, 6.45) is 0. The first-order chi connectivity index (χ1) is 17.4. The lowest BCUT2D eigenvalue weighted by molar-refractivity contribution is 0.0754. The molecule has 2 N–H and O–H groups in total. The van der Waals surface area contributed by atoms with Gasteiger partial charge < -0.3 is 14.6 Å². The van der Waals surface area contributed by atoms with Crippen molar-refractivity contribution >= 4 is 46.4 Å². The molecule has 0 fully saturated rings. The molecule has 0 aliphatic heterocycles. The molecule has 0 bridgehead atoms. The van der Waals surface area contributed by atoms with Gasteiger partial charge in [0.2, 0.25) is 0 Å². The van der Waals surface area contributed by atoms with Crippen LogP contribution in [0, 0.1) is 0 Å². The molecule has 0 spiro atoms. The Morgan fingerprint density at radius 2 is 0.972 bits per heavy atom. The monoisotopic (exact) mass is 521 g/mol. The molecule has 0 atom stereocenters. The van der Waals surface area contributed by atoms with E-state index in [4.69, 9.17) is 32.9 Å². The van der Waals surface area contributed by atoms with Gasteiger partial charge in [0.1, 0.15) is 0 Å². The summed E-state index contributed by atoms with van der Waals surface area (Å²) in [4.78, 5) is 37.3. The third kappa shape index (κ3) is 6.07. The van der Waals surface area contributed by atoms with Crippen molar-refractivity contribution in [1.82, 2.24) is 11.0 Å². The highest BCUT2D eigenvalue weighted by molar-refractivity contribution is 6.32. The first-order valence-corrected chi connectivity index (χ1v) is 11.6. The standard InChI is InChI=1S/C27H21Cl2N3O4/c1-32(20-14-10-18(11-15-20)26(33)30-35-24-8-4-2-6-22(24)28)21-16-12-19(13-17-21)27(34)31-36-25-9-5-3-7-23(25)29/h2-17H,1H3,(H,30,33)(H,31,34). The molecule has 0 unspecified atom stereocenters. The molecule has 182 valence electrons. The van der Waals surface area contributed by atoms with Crippen molar-refractivity contribution in [3.63, 3.8) is 0 Å². The molecule has 4 aromatic carbocycles. The molecule has 2 amide bonds. The molecular weight excluding hydrogens is 501 g/mol. The normalized spacial score (nSPS) is 10.3. The summed E-state index contributed by atoms with van der Waals surface area (Å²) in [5.41, 5.74) is 7.30. The summed E-state index contributed by atoms with van der Waals surface area (Å²) >= 11 is 12.1. The van der Waals surface area contributed by atoms with E-state index in [0.717, 1.165) is 11.4 Å². The minimum atomic E-state index is -0.404. The number of nitrogens with zero attached hydrogens (tertiary/aromatic N) is 1. The number of carbonyl (C=O) groups excluding carboxylic acids is 2. The van der Waals surface area contributed by atoms with E-state index >= 15 is 0 Å². The number of carbonyl (C=O) groups is 2. The highest BCUT2D eigenvalue weighted by atomic mass is 35.5. The maximum atomic E-state index is 12.4. The van der Waals surface area contributed by atoms with E-state index in [2.05, 4.69) is 11.0 Å². The SMILES string of the molecule is CN(c1ccc(C(=O)NOc2ccccc2Cl)cc1)c1ccc(C(=O)NOc2ccccc2Cl)cc1. The number of anilines is 2. The maximum absolute atomic E-state index is 12.4. The molecule has 0 radical (unpaired) electrons. The second-order valence-electron chi connectivity index (χ2n) is 7.58. The lowest BCUT2D eigenvalue weighted by Gasteiger charge is -2.20. The fraction of sp³-hybridized carbons (Fsp3) is 0.0370. The van der Waals surface area contributed by atoms with Crippen LogP contribution in [-0.2, 0) is 0 Å². The number of nitrogens with one attached hydrogen (secondary N) is 2. The number of para-hydroxylation sites is 2. The van der Waals surface area contributed by atoms with Gasteiger partial charge in [-0.3, -0.25) is 9.59 Å². The van der Waals surface area contributed by atoms with Crippen LogP contribution in [0.15, 0.2) is 97.1 Å². The molecule has 0 saturated carbocycles. The molecule has 0 heterocycles. The highest BCUT2D eigenvalue weighted by Gasteiger charge is 2.12. The second kappa shape index (κ2) is 11.5. The Bertz CT molecular complexity index is 1260. The van der Waals surface area contributed by atoms with Gasteiger partial charge in [-0.25, -0.2) is 0 Å². The van der Waals surface area contributed by atoms with Crippen LogP contribution in [0.3, 0.4) is 0 Å². The van der Waals surface area contributed by atoms with Gasteiger partial charge in [-0.15, -0.1) is 0 Å². The van der Waals surface area contributed by atoms with Crippen molar-refractivity contribution in [2.75, 3.05) is 11.9 Å². The van der Waals surface area contributed by atoms with Crippen molar-refractivity contribution in [3.8, 4) is 11.5 Å². The Kier molecular flexibility index (Phi) is 7.95. The summed E-state index contributed by atoms with van der Waals surface area (Å²) < 4.78 is 0. The van der Waals surface area contributed by atoms with E-state index in [0.29, 0.717) is 32.7 Å². The molecule has 7 nitrogen and oxygen atoms in total. The lowest BCUT2D eigenvalue weighted by Crippen LogP contribution is -2.27. The second-order valence-corrected chi connectivity index (χ2v) is 8.39. The molecule has 0 aliphatic carbocycles. The fourth-order valence-electron chi connectivity index (χ4n) is 3.20. The largest absolute Gasteiger partial charge is 0.378 e. The minimum absolute atomic E-state index is 0.358. The van der Waals surface area contributed by atoms with Crippen molar-refractivity contribution < 1.29 is 19.3 Å². The Morgan fingerprint density at radius 1 is 0.611 bits per heavy atom. The molecule has 0 saturated heterocycles. The highest BCUT2D eigenvalue weighted by Crippen LogP contribution is 2.26. The van der Waals surface area contributed by atoms with E-state index in [9.17, 15) is 9.59 Å². The zero-order chi connectivity index (χ0) is 25.5. The van der Waals surface area contributed by atoms with Crippen LogP contribution < -0.4 is 25.5 Å². The van der Waals surface area contributed by atoms with E-state index in [1.54, 1.807) is 72.8 Å². The minimum Gasteiger partial charge on any atom is -0.378 e. The van der Waals surface area contributed by atoms with Crippen molar-refractivity contribution in [1.29, 1.82) is 0 Å². The van der Waals surface area contributed by atoms with Crippen LogP contribution in [0.2, 0.25) is 10.0 Å². The maximum Gasteiger partial charge on any atom is 0.283 e. The first kappa shape index (κ1) is 24.9. The van der Waals surface area contributed by atoms with Gasteiger partial charge in [0.05, 0.1) is 10.0 Å². The van der Waals surface area contributed by atoms with Crippen LogP contribution in [0.4, 0.5) is 11.4 Å². The van der Waals surface area contributed by atoms with E-state index in [-0.39, 0.29) is 0 Å². The Morgan fingerprint density at radius 3 is 1.33 bits per heavy atom. The third-order valence-electron chi connectivity index (χ3n) is 5.21. The number of benzene rings is 4. The predicted molar refractivity (Wildman–Crippen MR) is 140 cm³/mol. The molecule has 0 aromatic heterocycles. The molecule has 9 heteroatoms. The van der Waals surface area contributed by atoms with Crippen LogP contribution >= 0.6 is 23.2 Å². The summed E-state index contributed by atoms with van der Waals surface area (Å²) in [6.45, 7) is 0. The average Bonchev–Trinajstić information content (AvgIpc) is 2.91. The Labute approximate surface area is 218 Å². The van der Waals surface area contributed by atoms with E-state index < -0.39 is 11.8 Å². The number of hydroxylamine groups is 2. The summed E-state index contributed by atoms with van der Waals surface area (Å²) in [7, 11) is 1.88. The average molecular weight is 522 g/mol. The molecule has 4 aromatic rings. The van der Waals surface area contributed by atoms with Crippen LogP contribution in [-0.4, -0.2) is 18.9 Å². The number of hydrogen-bond acceptors (Lipinski definition) is 5. The van der Waals surface area contributed by atoms with Gasteiger partial charge in [0.25, 0.3) is 11.8 Å². The van der Waals surface area contributed by atoms with Gasteiger partial charge >= 0.3 is 0 Å². The third-order valence-corrected chi connectivity index (χ3v) is 5.84. The Balaban J connectivity index is 1.34. The zero-order valence-corrected chi connectivity index (χ0v) is 20.6. The number of hydrogen-bond donors (Lipinski definition) is 2. The van der Waals surface area contributed by atoms with Gasteiger partial charge in [-0.1, -0.05) is 47.5 Å². The quantitative estimate of drug-likeness (QED) is 0.269. The molecule has 36 heavy (non-hydrogen) atoms. The zero-order valence-electron chi connectivity index (χ0n) is 19.1. The van der Waals surface area contributed by atoms with Gasteiger partial charge in [0.15, 0.2) is 11.5 Å². The summed E-state index contributed by atoms with van der Waals surface area (Å²) in [5.74, 6) is -0.0927. The summed E-state index contributed by atoms with van der Waals surface area (Å²) in [6, 6.07) is 27.7. The number of amides is 2. The van der Waals surface area contributed by atoms with Crippen molar-refractivity contribution in [3.05, 3.63) is 118 Å². The molecule has 4 rings (SSSR count). The smallest absolute Gasteiger partial charge is 0.283 e. The number of rotatable bonds is 8. The topological polar surface area (TPSA) is 79.9 Å². The molecule has 0 aliphatic rings. The van der Waals surface area contributed by atoms with E-state index in [1.807, 2.05) is 36.2 Å². The van der Waals surface area contributed by atoms with Gasteiger partial charge in [-0.2, -0.15) is 11.0 Å². The van der Waals surface area contributed by atoms with Gasteiger partial charge in [-0.05, 0) is 72.8 Å². The van der Waals surface area contributed by atoms with Crippen molar-refractivity contribution in [2.45, 2.75) is 0 Å². The molecular formula is C27H21Cl2N3O4.